The number of amides is 2. The van der Waals surface area contributed by atoms with Gasteiger partial charge in [0, 0.05) is 30.6 Å². The van der Waals surface area contributed by atoms with Gasteiger partial charge < -0.3 is 14.7 Å². The van der Waals surface area contributed by atoms with Gasteiger partial charge in [0.05, 0.1) is 9.90 Å². The molecule has 2 aromatic rings. The molecule has 8 nitrogen and oxygen atoms in total. The van der Waals surface area contributed by atoms with Crippen molar-refractivity contribution in [3.63, 3.8) is 0 Å². The molecule has 3 saturated heterocycles. The zero-order valence-electron chi connectivity index (χ0n) is 20.2. The van der Waals surface area contributed by atoms with Crippen LogP contribution in [0.2, 0.25) is 5.02 Å². The summed E-state index contributed by atoms with van der Waals surface area (Å²) in [6.45, 7) is 5.89. The third kappa shape index (κ3) is 5.23. The molecule has 3 atom stereocenters. The van der Waals surface area contributed by atoms with Crippen LogP contribution in [0.3, 0.4) is 0 Å². The van der Waals surface area contributed by atoms with E-state index in [1.165, 1.54) is 35.1 Å². The van der Waals surface area contributed by atoms with Crippen molar-refractivity contribution in [1.82, 2.24) is 19.4 Å². The van der Waals surface area contributed by atoms with E-state index < -0.39 is 22.1 Å². The lowest BCUT2D eigenvalue weighted by atomic mass is 10.2. The Labute approximate surface area is 225 Å². The number of nitrogens with one attached hydrogen (secondary N) is 1. The molecule has 1 N–H and O–H groups in total. The Hall–Kier alpha value is -1.50. The smallest absolute Gasteiger partial charge is 0.250 e. The van der Waals surface area contributed by atoms with E-state index in [0.717, 1.165) is 48.7 Å². The number of carbonyl (C=O) groups excluding carboxylic acids is 2. The van der Waals surface area contributed by atoms with Crippen molar-refractivity contribution in [2.24, 2.45) is 0 Å². The first-order valence-corrected chi connectivity index (χ1v) is 16.0. The monoisotopic (exact) mass is 570 g/mol. The van der Waals surface area contributed by atoms with Gasteiger partial charge in [-0.3, -0.25) is 9.59 Å². The highest BCUT2D eigenvalue weighted by atomic mass is 35.5. The van der Waals surface area contributed by atoms with Crippen LogP contribution in [-0.2, 0) is 19.6 Å². The standard InChI is InChI=1S/C24H31ClN4O4S3/c1-16(23(30)29-11-4-6-17(29)15-27-9-2-3-10-27)28-12-8-19(24(28)31)26-36(32,33)21-14-18(25)22(35-21)20-7-5-13-34-20/h5,7,13-14,16-17,19,26H,2-4,6,8-12,15H2,1H3/t16-,17-,19-/m0/s1. The van der Waals surface area contributed by atoms with E-state index in [0.29, 0.717) is 29.4 Å². The number of carbonyl (C=O) groups is 2. The van der Waals surface area contributed by atoms with E-state index >= 15 is 0 Å². The Bertz CT molecular complexity index is 1210. The first-order chi connectivity index (χ1) is 17.2. The lowest BCUT2D eigenvalue weighted by Crippen LogP contribution is -2.52. The molecular weight excluding hydrogens is 540 g/mol. The normalized spacial score (nSPS) is 24.2. The lowest BCUT2D eigenvalue weighted by Gasteiger charge is -2.33. The van der Waals surface area contributed by atoms with E-state index in [2.05, 4.69) is 9.62 Å². The Morgan fingerprint density at radius 2 is 1.97 bits per heavy atom. The molecule has 2 amide bonds. The first-order valence-electron chi connectivity index (χ1n) is 12.4. The number of hydrogen-bond donors (Lipinski definition) is 1. The maximum Gasteiger partial charge on any atom is 0.250 e. The maximum atomic E-state index is 13.4. The molecule has 2 aromatic heterocycles. The largest absolute Gasteiger partial charge is 0.337 e. The predicted molar refractivity (Wildman–Crippen MR) is 143 cm³/mol. The maximum absolute atomic E-state index is 13.4. The molecule has 3 aliphatic heterocycles. The van der Waals surface area contributed by atoms with Crippen molar-refractivity contribution >= 4 is 56.1 Å². The summed E-state index contributed by atoms with van der Waals surface area (Å²) < 4.78 is 28.8. The zero-order chi connectivity index (χ0) is 25.4. The van der Waals surface area contributed by atoms with Crippen molar-refractivity contribution in [1.29, 1.82) is 0 Å². The van der Waals surface area contributed by atoms with Gasteiger partial charge >= 0.3 is 0 Å². The molecule has 0 bridgehead atoms. The van der Waals surface area contributed by atoms with Crippen molar-refractivity contribution in [2.45, 2.75) is 61.4 Å². The van der Waals surface area contributed by atoms with E-state index in [1.807, 2.05) is 22.4 Å². The summed E-state index contributed by atoms with van der Waals surface area (Å²) in [7, 11) is -3.94. The fourth-order valence-corrected chi connectivity index (χ4v) is 9.43. The highest BCUT2D eigenvalue weighted by molar-refractivity contribution is 7.91. The van der Waals surface area contributed by atoms with Gasteiger partial charge in [0.15, 0.2) is 0 Å². The van der Waals surface area contributed by atoms with Gasteiger partial charge in [0.25, 0.3) is 10.0 Å². The van der Waals surface area contributed by atoms with Crippen molar-refractivity contribution < 1.29 is 18.0 Å². The van der Waals surface area contributed by atoms with Crippen LogP contribution >= 0.6 is 34.3 Å². The molecule has 5 rings (SSSR count). The third-order valence-corrected chi connectivity index (χ3v) is 11.9. The summed E-state index contributed by atoms with van der Waals surface area (Å²) >= 11 is 8.89. The zero-order valence-corrected chi connectivity index (χ0v) is 23.4. The quantitative estimate of drug-likeness (QED) is 0.525. The van der Waals surface area contributed by atoms with Crippen LogP contribution in [0, 0.1) is 0 Å². The lowest BCUT2D eigenvalue weighted by molar-refractivity contribution is -0.144. The molecule has 12 heteroatoms. The molecule has 0 unspecified atom stereocenters. The van der Waals surface area contributed by atoms with Crippen molar-refractivity contribution in [3.05, 3.63) is 28.6 Å². The molecule has 0 radical (unpaired) electrons. The highest BCUT2D eigenvalue weighted by Gasteiger charge is 2.42. The Morgan fingerprint density at radius 1 is 1.19 bits per heavy atom. The van der Waals surface area contributed by atoms with E-state index in [1.54, 1.807) is 6.92 Å². The first kappa shape index (κ1) is 26.1. The average molecular weight is 571 g/mol. The predicted octanol–water partition coefficient (Wildman–Crippen LogP) is 3.48. The number of nitrogens with zero attached hydrogens (tertiary/aromatic N) is 3. The molecule has 3 fully saturated rings. The van der Waals surface area contributed by atoms with Crippen LogP contribution in [-0.4, -0.2) is 85.8 Å². The minimum absolute atomic E-state index is 0.0424. The van der Waals surface area contributed by atoms with Crippen LogP contribution < -0.4 is 4.72 Å². The number of hydrogen-bond acceptors (Lipinski definition) is 7. The number of halogens is 1. The molecule has 3 aliphatic rings. The van der Waals surface area contributed by atoms with Gasteiger partial charge in [-0.2, -0.15) is 4.72 Å². The van der Waals surface area contributed by atoms with Gasteiger partial charge in [0.2, 0.25) is 11.8 Å². The second kappa shape index (κ2) is 10.7. The fourth-order valence-electron chi connectivity index (χ4n) is 5.45. The second-order valence-electron chi connectivity index (χ2n) is 9.73. The van der Waals surface area contributed by atoms with Crippen LogP contribution in [0.4, 0.5) is 0 Å². The molecule has 36 heavy (non-hydrogen) atoms. The Kier molecular flexibility index (Phi) is 7.77. The van der Waals surface area contributed by atoms with Crippen LogP contribution in [0.25, 0.3) is 9.75 Å². The highest BCUT2D eigenvalue weighted by Crippen LogP contribution is 2.40. The number of likely N-dealkylation sites (tertiary alicyclic amines) is 3. The third-order valence-electron chi connectivity index (χ3n) is 7.36. The van der Waals surface area contributed by atoms with Crippen molar-refractivity contribution in [2.75, 3.05) is 32.7 Å². The van der Waals surface area contributed by atoms with E-state index in [-0.39, 0.29) is 22.1 Å². The molecule has 0 aromatic carbocycles. The summed E-state index contributed by atoms with van der Waals surface area (Å²) in [4.78, 5) is 34.1. The van der Waals surface area contributed by atoms with Gasteiger partial charge in [-0.25, -0.2) is 8.42 Å². The summed E-state index contributed by atoms with van der Waals surface area (Å²) in [5.41, 5.74) is 0. The molecule has 0 saturated carbocycles. The molecule has 0 aliphatic carbocycles. The van der Waals surface area contributed by atoms with Crippen molar-refractivity contribution in [3.8, 4) is 9.75 Å². The molecule has 5 heterocycles. The average Bonchev–Trinajstić information content (AvgIpc) is 3.66. The van der Waals surface area contributed by atoms with Crippen LogP contribution in [0.5, 0.6) is 0 Å². The summed E-state index contributed by atoms with van der Waals surface area (Å²) in [5, 5.41) is 2.28. The second-order valence-corrected chi connectivity index (χ2v) is 14.1. The van der Waals surface area contributed by atoms with Gasteiger partial charge in [-0.05, 0) is 69.6 Å². The molecule has 196 valence electrons. The molecule has 0 spiro atoms. The number of thiophene rings is 2. The number of sulfonamides is 1. The fraction of sp³-hybridized carbons (Fsp3) is 0.583. The summed E-state index contributed by atoms with van der Waals surface area (Å²) in [6.07, 6.45) is 4.71. The minimum Gasteiger partial charge on any atom is -0.337 e. The van der Waals surface area contributed by atoms with Gasteiger partial charge in [0.1, 0.15) is 16.3 Å². The van der Waals surface area contributed by atoms with E-state index in [4.69, 9.17) is 11.6 Å². The Morgan fingerprint density at radius 3 is 2.69 bits per heavy atom. The van der Waals surface area contributed by atoms with Crippen LogP contribution in [0.1, 0.15) is 39.0 Å². The van der Waals surface area contributed by atoms with Crippen LogP contribution in [0.15, 0.2) is 27.8 Å². The van der Waals surface area contributed by atoms with Gasteiger partial charge in [-0.1, -0.05) is 17.7 Å². The van der Waals surface area contributed by atoms with E-state index in [9.17, 15) is 18.0 Å². The summed E-state index contributed by atoms with van der Waals surface area (Å²) in [5.74, 6) is -0.393. The number of rotatable bonds is 8. The molecular formula is C24H31ClN4O4S3. The topological polar surface area (TPSA) is 90.0 Å². The van der Waals surface area contributed by atoms with Gasteiger partial charge in [-0.15, -0.1) is 22.7 Å². The Balaban J connectivity index is 1.23. The summed E-state index contributed by atoms with van der Waals surface area (Å²) in [6, 6.07) is 3.88. The minimum atomic E-state index is -3.94. The SMILES string of the molecule is C[C@@H](C(=O)N1CCC[C@H]1CN1CCCC1)N1CC[C@H](NS(=O)(=O)c2cc(Cl)c(-c3cccs3)s2)C1=O.